The largest absolute Gasteiger partial charge is 0.508 e. The van der Waals surface area contributed by atoms with Crippen molar-refractivity contribution in [3.8, 4) is 16.9 Å². The van der Waals surface area contributed by atoms with E-state index >= 15 is 0 Å². The minimum absolute atomic E-state index is 0.305. The lowest BCUT2D eigenvalue weighted by molar-refractivity contribution is 0.475. The normalized spacial score (nSPS) is 9.07. The van der Waals surface area contributed by atoms with Gasteiger partial charge in [0.25, 0.3) is 0 Å². The summed E-state index contributed by atoms with van der Waals surface area (Å²) in [6, 6.07) is 23.8. The third kappa shape index (κ3) is 12.5. The molecule has 0 spiro atoms. The Kier molecular flexibility index (Phi) is 17.8. The highest BCUT2D eigenvalue weighted by Crippen LogP contribution is 2.20. The van der Waals surface area contributed by atoms with Gasteiger partial charge in [-0.05, 0) is 47.5 Å². The minimum Gasteiger partial charge on any atom is -0.508 e. The van der Waals surface area contributed by atoms with Crippen LogP contribution in [0.25, 0.3) is 11.1 Å². The van der Waals surface area contributed by atoms with Gasteiger partial charge in [0.15, 0.2) is 9.84 Å². The maximum Gasteiger partial charge on any atom is 0.175 e. The first-order valence-electron chi connectivity index (χ1n) is 10.2. The van der Waals surface area contributed by atoms with Crippen LogP contribution in [-0.4, -0.2) is 19.8 Å². The average molecular weight is 496 g/mol. The van der Waals surface area contributed by atoms with Gasteiger partial charge in [-0.2, -0.15) is 0 Å². The molecular formula is C25H35BrO3S. The fourth-order valence-corrected chi connectivity index (χ4v) is 2.86. The Hall–Kier alpha value is -2.11. The second-order valence-corrected chi connectivity index (χ2v) is 8.07. The number of benzene rings is 3. The highest BCUT2D eigenvalue weighted by atomic mass is 79.9. The SMILES string of the molecule is CC.CC.CC.CS(=O)(=O)c1ccc(Br)cc1.Oc1ccc(-c2ccccc2)cc1. The summed E-state index contributed by atoms with van der Waals surface area (Å²) in [6.07, 6.45) is 1.19. The number of sulfone groups is 1. The molecule has 0 amide bonds. The van der Waals surface area contributed by atoms with Crippen molar-refractivity contribution in [1.29, 1.82) is 0 Å². The van der Waals surface area contributed by atoms with Crippen LogP contribution in [0.1, 0.15) is 41.5 Å². The van der Waals surface area contributed by atoms with Crippen molar-refractivity contribution < 1.29 is 13.5 Å². The van der Waals surface area contributed by atoms with Gasteiger partial charge in [-0.3, -0.25) is 0 Å². The first-order valence-corrected chi connectivity index (χ1v) is 12.8. The molecule has 0 aromatic heterocycles. The number of halogens is 1. The van der Waals surface area contributed by atoms with Crippen LogP contribution in [0.4, 0.5) is 0 Å². The van der Waals surface area contributed by atoms with Crippen LogP contribution < -0.4 is 0 Å². The zero-order valence-corrected chi connectivity index (χ0v) is 21.5. The molecule has 30 heavy (non-hydrogen) atoms. The van der Waals surface area contributed by atoms with Gasteiger partial charge in [-0.1, -0.05) is 99.9 Å². The minimum atomic E-state index is -3.04. The quantitative estimate of drug-likeness (QED) is 0.392. The lowest BCUT2D eigenvalue weighted by atomic mass is 10.1. The van der Waals surface area contributed by atoms with Gasteiger partial charge in [-0.25, -0.2) is 8.42 Å². The van der Waals surface area contributed by atoms with E-state index in [1.165, 1.54) is 11.8 Å². The molecule has 0 saturated carbocycles. The molecule has 0 aliphatic carbocycles. The molecule has 0 bridgehead atoms. The summed E-state index contributed by atoms with van der Waals surface area (Å²) in [5.74, 6) is 0.305. The van der Waals surface area contributed by atoms with E-state index in [1.807, 2.05) is 84.0 Å². The Labute approximate surface area is 191 Å². The van der Waals surface area contributed by atoms with Crippen molar-refractivity contribution in [2.45, 2.75) is 46.4 Å². The number of hydrogen-bond donors (Lipinski definition) is 1. The van der Waals surface area contributed by atoms with Gasteiger partial charge in [0, 0.05) is 10.7 Å². The smallest absolute Gasteiger partial charge is 0.175 e. The fourth-order valence-electron chi connectivity index (χ4n) is 1.97. The molecule has 3 rings (SSSR count). The van der Waals surface area contributed by atoms with Crippen molar-refractivity contribution in [3.05, 3.63) is 83.3 Å². The van der Waals surface area contributed by atoms with Gasteiger partial charge < -0.3 is 5.11 Å². The Morgan fingerprint density at radius 1 is 0.633 bits per heavy atom. The monoisotopic (exact) mass is 494 g/mol. The average Bonchev–Trinajstić information content (AvgIpc) is 2.79. The first kappa shape index (κ1) is 30.1. The molecule has 0 saturated heterocycles. The van der Waals surface area contributed by atoms with E-state index in [9.17, 15) is 8.42 Å². The molecule has 1 N–H and O–H groups in total. The summed E-state index contributed by atoms with van der Waals surface area (Å²) < 4.78 is 22.7. The van der Waals surface area contributed by atoms with Crippen molar-refractivity contribution in [2.24, 2.45) is 0 Å². The van der Waals surface area contributed by atoms with E-state index in [1.54, 1.807) is 36.4 Å². The zero-order valence-electron chi connectivity index (χ0n) is 19.1. The summed E-state index contributed by atoms with van der Waals surface area (Å²) in [5.41, 5.74) is 2.29. The van der Waals surface area contributed by atoms with E-state index in [0.717, 1.165) is 10.0 Å². The van der Waals surface area contributed by atoms with Crippen molar-refractivity contribution in [3.63, 3.8) is 0 Å². The molecule has 0 aliphatic heterocycles. The molecule has 0 atom stereocenters. The number of phenols is 1. The number of aromatic hydroxyl groups is 1. The predicted molar refractivity (Wildman–Crippen MR) is 135 cm³/mol. The number of phenolic OH excluding ortho intramolecular Hbond substituents is 1. The van der Waals surface area contributed by atoms with E-state index in [2.05, 4.69) is 15.9 Å². The number of rotatable bonds is 2. The molecule has 3 nitrogen and oxygen atoms in total. The van der Waals surface area contributed by atoms with Crippen LogP contribution >= 0.6 is 15.9 Å². The van der Waals surface area contributed by atoms with Crippen LogP contribution in [-0.2, 0) is 9.84 Å². The van der Waals surface area contributed by atoms with E-state index in [4.69, 9.17) is 5.11 Å². The molecule has 166 valence electrons. The van der Waals surface area contributed by atoms with Gasteiger partial charge >= 0.3 is 0 Å². The fraction of sp³-hybridized carbons (Fsp3) is 0.280. The van der Waals surface area contributed by atoms with Crippen LogP contribution in [0.3, 0.4) is 0 Å². The predicted octanol–water partition coefficient (Wildman–Crippen LogP) is 7.99. The topological polar surface area (TPSA) is 54.4 Å². The summed E-state index contributed by atoms with van der Waals surface area (Å²) in [4.78, 5) is 0.348. The molecule has 3 aromatic rings. The molecule has 5 heteroatoms. The van der Waals surface area contributed by atoms with Crippen LogP contribution in [0, 0.1) is 0 Å². The highest BCUT2D eigenvalue weighted by molar-refractivity contribution is 9.10. The van der Waals surface area contributed by atoms with Crippen LogP contribution in [0.15, 0.2) is 88.2 Å². The Bertz CT molecular complexity index is 874. The maximum absolute atomic E-state index is 10.9. The lowest BCUT2D eigenvalue weighted by Crippen LogP contribution is -1.95. The summed E-state index contributed by atoms with van der Waals surface area (Å²) in [7, 11) is -3.04. The summed E-state index contributed by atoms with van der Waals surface area (Å²) in [6.45, 7) is 12.0. The second kappa shape index (κ2) is 17.7. The molecule has 0 aliphatic rings. The molecule has 0 fully saturated rings. The molecule has 0 heterocycles. The van der Waals surface area contributed by atoms with E-state index < -0.39 is 9.84 Å². The van der Waals surface area contributed by atoms with Crippen molar-refractivity contribution in [2.75, 3.05) is 6.26 Å². The third-order valence-electron chi connectivity index (χ3n) is 3.22. The summed E-state index contributed by atoms with van der Waals surface area (Å²) in [5, 5.41) is 9.10. The summed E-state index contributed by atoms with van der Waals surface area (Å²) >= 11 is 3.22. The first-order chi connectivity index (χ1) is 14.4. The Balaban J connectivity index is 0. The molecule has 0 radical (unpaired) electrons. The van der Waals surface area contributed by atoms with Gasteiger partial charge in [0.1, 0.15) is 5.75 Å². The zero-order chi connectivity index (χ0) is 23.6. The van der Waals surface area contributed by atoms with E-state index in [0.29, 0.717) is 10.6 Å². The third-order valence-corrected chi connectivity index (χ3v) is 4.87. The van der Waals surface area contributed by atoms with Crippen molar-refractivity contribution >= 4 is 25.8 Å². The van der Waals surface area contributed by atoms with Crippen LogP contribution in [0.5, 0.6) is 5.75 Å². The Morgan fingerprint density at radius 3 is 1.43 bits per heavy atom. The standard InChI is InChI=1S/C12H10O.C7H7BrO2S.3C2H6/c13-12-8-6-11(7-9-12)10-4-2-1-3-5-10;1-11(9,10)7-4-2-6(8)3-5-7;3*1-2/h1-9,13H;2-5H,1H3;3*1-2H3. The number of hydrogen-bond acceptors (Lipinski definition) is 3. The molecule has 0 unspecified atom stereocenters. The van der Waals surface area contributed by atoms with Gasteiger partial charge in [-0.15, -0.1) is 0 Å². The lowest BCUT2D eigenvalue weighted by Gasteiger charge is -2.00. The van der Waals surface area contributed by atoms with Crippen LogP contribution in [0.2, 0.25) is 0 Å². The van der Waals surface area contributed by atoms with E-state index in [-0.39, 0.29) is 0 Å². The molecular weight excluding hydrogens is 460 g/mol. The van der Waals surface area contributed by atoms with Gasteiger partial charge in [0.05, 0.1) is 4.90 Å². The van der Waals surface area contributed by atoms with Gasteiger partial charge in [0.2, 0.25) is 0 Å². The maximum atomic E-state index is 10.9. The molecule has 3 aromatic carbocycles. The highest BCUT2D eigenvalue weighted by Gasteiger charge is 2.04. The second-order valence-electron chi connectivity index (χ2n) is 5.14. The van der Waals surface area contributed by atoms with Crippen molar-refractivity contribution in [1.82, 2.24) is 0 Å². The Morgan fingerprint density at radius 2 is 1.03 bits per heavy atom.